The average Bonchev–Trinajstić information content (AvgIpc) is 0.846. The lowest BCUT2D eigenvalue weighted by Crippen LogP contribution is -2.62. The number of carbonyl (C=O) groups excluding carboxylic acids is 13. The molecule has 33 nitrogen and oxygen atoms in total. The van der Waals surface area contributed by atoms with Crippen LogP contribution in [0.15, 0.2) is 36.0 Å². The summed E-state index contributed by atoms with van der Waals surface area (Å²) in [6, 6.07) is -9.04. The zero-order valence-electron chi connectivity index (χ0n) is 70.1. The molecule has 0 aliphatic rings. The van der Waals surface area contributed by atoms with Crippen molar-refractivity contribution in [3.63, 3.8) is 0 Å². The number of nitrogens with one attached hydrogen (secondary N) is 13. The van der Waals surface area contributed by atoms with E-state index in [9.17, 15) is 82.2 Å². The van der Waals surface area contributed by atoms with Gasteiger partial charge in [-0.1, -0.05) is 153 Å². The Balaban J connectivity index is 3.66. The van der Waals surface area contributed by atoms with Crippen molar-refractivity contribution in [2.24, 2.45) is 64.5 Å². The summed E-state index contributed by atoms with van der Waals surface area (Å²) in [6.07, 6.45) is 3.79. The smallest absolute Gasteiger partial charge is 0.268 e. The molecule has 0 aliphatic heterocycles. The van der Waals surface area contributed by atoms with Gasteiger partial charge in [-0.25, -0.2) is 0 Å². The van der Waals surface area contributed by atoms with E-state index < -0.39 is 196 Å². The average molecular weight is 1620 g/mol. The number of phenols is 1. The fourth-order valence-corrected chi connectivity index (χ4v) is 12.5. The van der Waals surface area contributed by atoms with E-state index in [1.54, 1.807) is 81.4 Å². The number of unbranched alkanes of at least 4 members (excludes halogenated alkanes) is 2. The number of aliphatic hydroxyl groups excluding tert-OH is 2. The molecule has 16 atom stereocenters. The highest BCUT2D eigenvalue weighted by atomic mass is 32.2. The van der Waals surface area contributed by atoms with Gasteiger partial charge in [-0.3, -0.25) is 62.3 Å². The van der Waals surface area contributed by atoms with Gasteiger partial charge in [-0.2, -0.15) is 0 Å². The fourth-order valence-electron chi connectivity index (χ4n) is 12.0. The van der Waals surface area contributed by atoms with E-state index in [4.69, 9.17) is 17.2 Å². The number of hydrogen-bond donors (Lipinski definition) is 19. The normalized spacial score (nSPS) is 16.0. The highest BCUT2D eigenvalue weighted by Crippen LogP contribution is 2.19. The topological polar surface area (TPSA) is 540 Å². The molecule has 0 aliphatic carbocycles. The Labute approximate surface area is 672 Å². The van der Waals surface area contributed by atoms with E-state index >= 15 is 0 Å². The predicted molar refractivity (Wildman–Crippen MR) is 435 cm³/mol. The second-order valence-electron chi connectivity index (χ2n) is 31.7. The van der Waals surface area contributed by atoms with Crippen LogP contribution in [0.4, 0.5) is 0 Å². The van der Waals surface area contributed by atoms with Crippen LogP contribution in [0.2, 0.25) is 0 Å². The van der Waals surface area contributed by atoms with Crippen LogP contribution in [0.5, 0.6) is 5.75 Å². The number of amides is 13. The van der Waals surface area contributed by atoms with Crippen molar-refractivity contribution in [1.82, 2.24) is 69.1 Å². The number of rotatable bonds is 55. The Morgan fingerprint density at radius 3 is 1.17 bits per heavy atom. The molecule has 0 saturated heterocycles. The third-order valence-electron chi connectivity index (χ3n) is 19.6. The molecule has 113 heavy (non-hydrogen) atoms. The molecule has 13 amide bonds. The molecular formula is C79H140N16O17S. The van der Waals surface area contributed by atoms with Crippen LogP contribution in [-0.2, 0) is 79.9 Å². The quantitative estimate of drug-likeness (QED) is 0.0242. The number of aliphatic hydroxyl groups is 2. The molecule has 644 valence electrons. The van der Waals surface area contributed by atoms with Crippen molar-refractivity contribution in [2.75, 3.05) is 38.2 Å². The van der Waals surface area contributed by atoms with E-state index in [1.807, 2.05) is 41.5 Å². The molecule has 1 unspecified atom stereocenters. The molecule has 34 heteroatoms. The molecule has 0 spiro atoms. The first-order chi connectivity index (χ1) is 53.1. The van der Waals surface area contributed by atoms with Gasteiger partial charge in [0, 0.05) is 12.8 Å². The lowest BCUT2D eigenvalue weighted by molar-refractivity contribution is -0.137. The summed E-state index contributed by atoms with van der Waals surface area (Å²) in [5.74, 6) is -13.7. The van der Waals surface area contributed by atoms with Crippen LogP contribution in [0.3, 0.4) is 0 Å². The Bertz CT molecular complexity index is 3200. The minimum Gasteiger partial charge on any atom is -0.617 e. The molecule has 1 aromatic carbocycles. The molecule has 22 N–H and O–H groups in total. The molecule has 0 saturated carbocycles. The van der Waals surface area contributed by atoms with Crippen LogP contribution >= 0.6 is 0 Å². The van der Waals surface area contributed by atoms with Crippen molar-refractivity contribution in [2.45, 2.75) is 286 Å². The molecule has 0 aromatic heterocycles. The lowest BCUT2D eigenvalue weighted by atomic mass is 9.95. The highest BCUT2D eigenvalue weighted by molar-refractivity contribution is 7.90. The number of allylic oxidation sites excluding steroid dienone is 1. The zero-order valence-corrected chi connectivity index (χ0v) is 71.0. The van der Waals surface area contributed by atoms with Gasteiger partial charge in [0.05, 0.1) is 18.9 Å². The van der Waals surface area contributed by atoms with Gasteiger partial charge in [0.25, 0.3) is 11.8 Å². The van der Waals surface area contributed by atoms with Crippen LogP contribution < -0.4 is 86.3 Å². The van der Waals surface area contributed by atoms with Crippen molar-refractivity contribution in [1.29, 1.82) is 0 Å². The summed E-state index contributed by atoms with van der Waals surface area (Å²) in [5, 5.41) is 66.0. The summed E-state index contributed by atoms with van der Waals surface area (Å²) >= 11 is -1.45. The molecule has 0 heterocycles. The van der Waals surface area contributed by atoms with Crippen LogP contribution in [0.1, 0.15) is 207 Å². The molecular weight excluding hydrogens is 1480 g/mol. The fraction of sp³-hybridized carbons (Fsp3) is 0.734. The van der Waals surface area contributed by atoms with Crippen LogP contribution in [0.25, 0.3) is 0 Å². The Morgan fingerprint density at radius 2 is 0.770 bits per heavy atom. The van der Waals surface area contributed by atoms with E-state index in [0.717, 1.165) is 0 Å². The van der Waals surface area contributed by atoms with Crippen LogP contribution in [-0.4, -0.2) is 214 Å². The van der Waals surface area contributed by atoms with E-state index in [1.165, 1.54) is 31.4 Å². The molecule has 0 bridgehead atoms. The van der Waals surface area contributed by atoms with Gasteiger partial charge >= 0.3 is 0 Å². The summed E-state index contributed by atoms with van der Waals surface area (Å²) in [4.78, 5) is 186. The molecule has 1 aromatic rings. The number of hydrogen-bond acceptors (Lipinski definition) is 20. The highest BCUT2D eigenvalue weighted by Gasteiger charge is 2.40. The minimum atomic E-state index is -1.45. The van der Waals surface area contributed by atoms with Crippen molar-refractivity contribution in [3.05, 3.63) is 41.6 Å². The monoisotopic (exact) mass is 1620 g/mol. The van der Waals surface area contributed by atoms with E-state index in [2.05, 4.69) is 69.1 Å². The summed E-state index contributed by atoms with van der Waals surface area (Å²) < 4.78 is 12.3. The SMILES string of the molecule is C/C=C(/NC(=O)[C@@H](O)[C@@H](C)CC)C(=O)N[C@@H](CC[S+](C)[O-])C(=O)N[C@H](CCCN)C(=O)N[C@H](C(=O)N[C@H](C(=O)N[C@H](C(=O)N[C@H](CCCCN)C(=O)N[C@H](C(=O)N[C@H](CC(C)C)C(=O)N[C@@H](CCCCN)C(=O)N[C@H](Cc1ccc(O)cc1)C(=O)N[C@@H](CC(C)C)C(=O)N[C@H](CO)C(C)C)C(C)C)C(C)C)C(C)C)[C@@H](C)CC. The van der Waals surface area contributed by atoms with E-state index in [-0.39, 0.29) is 113 Å². The first-order valence-corrected chi connectivity index (χ1v) is 41.9. The van der Waals surface area contributed by atoms with Gasteiger partial charge in [0.15, 0.2) is 0 Å². The van der Waals surface area contributed by atoms with Crippen molar-refractivity contribution >= 4 is 88.0 Å². The number of benzene rings is 1. The summed E-state index contributed by atoms with van der Waals surface area (Å²) in [5.41, 5.74) is 17.9. The maximum Gasteiger partial charge on any atom is 0.268 e. The van der Waals surface area contributed by atoms with Gasteiger partial charge in [-0.05, 0) is 156 Å². The Kier molecular flexibility index (Phi) is 49.2. The first kappa shape index (κ1) is 103. The Morgan fingerprint density at radius 1 is 0.425 bits per heavy atom. The molecule has 1 rings (SSSR count). The standard InChI is InChI=1S/C79H140N16O17S/c1-19-49(16)65(95-71(103)56(29-26-37-82)84-69(101)57(34-38-113(18)112)86-67(99)53(21-3)83-79(111)66(98)50(17)20-2)78(110)94-64(48(14)15)77(109)93-63(47(12)13)75(107)87-55(28-23-25-36-81)70(102)92-62(46(10)11)76(108)90-59(40-44(6)7)72(104)85-54(27-22-24-35-80)68(100)89-60(41-51-30-32-52(97)33-31-51)74(106)88-58(39-43(4)5)73(105)91-61(42-96)45(8)9/h21,30-33,43-50,54-66,96-98H,19-20,22-29,34-42,80-82H2,1-18H3,(H,83,111)(H,84,101)(H,85,104)(H,86,99)(H,87,107)(H,88,106)(H,89,100)(H,90,108)(H,91,105)(H,92,102)(H,93,109)(H,94,110)(H,95,103)/b53-21+/t49-,50-,54-,55+,56+,57-,58-,59+,60+,61+,62-,63-,64-,65-,66-,113?/m0/s1. The minimum absolute atomic E-state index is 0.0202. The molecule has 0 fully saturated rings. The number of carbonyl (C=O) groups is 13. The van der Waals surface area contributed by atoms with E-state index in [0.29, 0.717) is 44.1 Å². The Hall–Kier alpha value is -8.02. The van der Waals surface area contributed by atoms with Crippen molar-refractivity contribution in [3.8, 4) is 5.75 Å². The maximum atomic E-state index is 14.7. The van der Waals surface area contributed by atoms with Crippen LogP contribution in [0, 0.1) is 47.3 Å². The largest absolute Gasteiger partial charge is 0.617 e. The maximum absolute atomic E-state index is 14.7. The lowest BCUT2D eigenvalue weighted by Gasteiger charge is -2.31. The van der Waals surface area contributed by atoms with Gasteiger partial charge < -0.3 is 106 Å². The summed E-state index contributed by atoms with van der Waals surface area (Å²) in [7, 11) is 0. The third-order valence-corrected chi connectivity index (χ3v) is 20.4. The molecule has 0 radical (unpaired) electrons. The van der Waals surface area contributed by atoms with Gasteiger partial charge in [-0.15, -0.1) is 0 Å². The third kappa shape index (κ3) is 37.9. The van der Waals surface area contributed by atoms with Crippen molar-refractivity contribution < 1.29 is 82.2 Å². The predicted octanol–water partition coefficient (Wildman–Crippen LogP) is 0.699. The number of aromatic hydroxyl groups is 1. The van der Waals surface area contributed by atoms with Gasteiger partial charge in [0.2, 0.25) is 65.0 Å². The zero-order chi connectivity index (χ0) is 86.1. The second kappa shape index (κ2) is 53.9. The summed E-state index contributed by atoms with van der Waals surface area (Å²) in [6.45, 7) is 29.5. The number of phenolic OH excluding ortho intramolecular Hbond substituents is 1. The first-order valence-electron chi connectivity index (χ1n) is 40.2. The number of nitrogens with two attached hydrogens (primary N) is 3. The van der Waals surface area contributed by atoms with Gasteiger partial charge in [0.1, 0.15) is 89.8 Å². The second-order valence-corrected chi connectivity index (χ2v) is 33.3.